The molecule has 0 spiro atoms. The predicted octanol–water partition coefficient (Wildman–Crippen LogP) is 2.90. The molecule has 5 heteroatoms. The first-order chi connectivity index (χ1) is 10.2. The quantitative estimate of drug-likeness (QED) is 0.803. The van der Waals surface area contributed by atoms with Gasteiger partial charge in [0.15, 0.2) is 0 Å². The fourth-order valence-electron chi connectivity index (χ4n) is 2.28. The van der Waals surface area contributed by atoms with Crippen LogP contribution in [0.5, 0.6) is 5.75 Å². The number of ether oxygens (including phenoxy) is 1. The number of nitrogens with one attached hydrogen (secondary N) is 1. The zero-order valence-corrected chi connectivity index (χ0v) is 11.8. The first-order valence-corrected chi connectivity index (χ1v) is 6.58. The molecule has 0 aliphatic heterocycles. The number of carbonyl (C=O) groups excluding carboxylic acids is 1. The van der Waals surface area contributed by atoms with E-state index in [-0.39, 0.29) is 5.91 Å². The van der Waals surface area contributed by atoms with Crippen molar-refractivity contribution in [3.63, 3.8) is 0 Å². The molecule has 1 aromatic carbocycles. The van der Waals surface area contributed by atoms with Gasteiger partial charge in [0, 0.05) is 18.0 Å². The molecule has 0 unspecified atom stereocenters. The number of rotatable bonds is 3. The molecule has 3 rings (SSSR count). The van der Waals surface area contributed by atoms with E-state index >= 15 is 0 Å². The summed E-state index contributed by atoms with van der Waals surface area (Å²) >= 11 is 0. The van der Waals surface area contributed by atoms with Gasteiger partial charge in [0.05, 0.1) is 12.8 Å². The van der Waals surface area contributed by atoms with Crippen molar-refractivity contribution in [2.24, 2.45) is 0 Å². The van der Waals surface area contributed by atoms with Gasteiger partial charge in [0.1, 0.15) is 17.1 Å². The summed E-state index contributed by atoms with van der Waals surface area (Å²) in [5, 5.41) is 2.87. The lowest BCUT2D eigenvalue weighted by atomic mass is 10.2. The number of methoxy groups -OCH3 is 1. The smallest absolute Gasteiger partial charge is 0.274 e. The molecule has 0 saturated heterocycles. The standard InChI is InChI=1S/C16H15N3O2/c1-11-15(19-9-4-3-8-14(19)17-11)16(20)18-12-6-5-7-13(10-12)21-2/h3-10H,1-2H3,(H,18,20). The van der Waals surface area contributed by atoms with E-state index in [0.29, 0.717) is 22.8 Å². The minimum Gasteiger partial charge on any atom is -0.497 e. The normalized spacial score (nSPS) is 10.6. The first-order valence-electron chi connectivity index (χ1n) is 6.58. The van der Waals surface area contributed by atoms with Gasteiger partial charge in [-0.05, 0) is 31.2 Å². The zero-order valence-electron chi connectivity index (χ0n) is 11.8. The van der Waals surface area contributed by atoms with Gasteiger partial charge in [-0.15, -0.1) is 0 Å². The number of pyridine rings is 1. The Morgan fingerprint density at radius 1 is 1.24 bits per heavy atom. The van der Waals surface area contributed by atoms with Gasteiger partial charge in [0.25, 0.3) is 5.91 Å². The Bertz CT molecular complexity index is 808. The van der Waals surface area contributed by atoms with Gasteiger partial charge in [-0.2, -0.15) is 0 Å². The largest absolute Gasteiger partial charge is 0.497 e. The maximum Gasteiger partial charge on any atom is 0.274 e. The van der Waals surface area contributed by atoms with Crippen LogP contribution in [0, 0.1) is 6.92 Å². The molecule has 0 fully saturated rings. The van der Waals surface area contributed by atoms with Crippen LogP contribution in [-0.2, 0) is 0 Å². The van der Waals surface area contributed by atoms with E-state index in [9.17, 15) is 4.79 Å². The Morgan fingerprint density at radius 2 is 2.10 bits per heavy atom. The van der Waals surface area contributed by atoms with Crippen molar-refractivity contribution in [3.8, 4) is 5.75 Å². The summed E-state index contributed by atoms with van der Waals surface area (Å²) in [4.78, 5) is 16.9. The minimum atomic E-state index is -0.195. The van der Waals surface area contributed by atoms with Gasteiger partial charge in [-0.3, -0.25) is 9.20 Å². The lowest BCUT2D eigenvalue weighted by Crippen LogP contribution is -2.15. The second kappa shape index (κ2) is 5.28. The van der Waals surface area contributed by atoms with Crippen molar-refractivity contribution in [1.82, 2.24) is 9.38 Å². The van der Waals surface area contributed by atoms with Gasteiger partial charge in [-0.1, -0.05) is 12.1 Å². The van der Waals surface area contributed by atoms with E-state index in [0.717, 1.165) is 5.65 Å². The highest BCUT2D eigenvalue weighted by Crippen LogP contribution is 2.19. The summed E-state index contributed by atoms with van der Waals surface area (Å²) in [5.74, 6) is 0.502. The first kappa shape index (κ1) is 13.2. The molecule has 0 atom stereocenters. The third-order valence-electron chi connectivity index (χ3n) is 3.25. The second-order valence-electron chi connectivity index (χ2n) is 4.66. The van der Waals surface area contributed by atoms with Crippen LogP contribution in [0.2, 0.25) is 0 Å². The minimum absolute atomic E-state index is 0.195. The summed E-state index contributed by atoms with van der Waals surface area (Å²) in [6, 6.07) is 12.9. The lowest BCUT2D eigenvalue weighted by molar-refractivity contribution is 0.102. The molecule has 106 valence electrons. The highest BCUT2D eigenvalue weighted by molar-refractivity contribution is 6.04. The van der Waals surface area contributed by atoms with Crippen LogP contribution in [0.25, 0.3) is 5.65 Å². The molecule has 5 nitrogen and oxygen atoms in total. The van der Waals surface area contributed by atoms with E-state index in [1.165, 1.54) is 0 Å². The second-order valence-corrected chi connectivity index (χ2v) is 4.66. The Labute approximate surface area is 122 Å². The van der Waals surface area contributed by atoms with Crippen LogP contribution in [-0.4, -0.2) is 22.4 Å². The van der Waals surface area contributed by atoms with Crippen LogP contribution in [0.4, 0.5) is 5.69 Å². The van der Waals surface area contributed by atoms with Crippen LogP contribution < -0.4 is 10.1 Å². The highest BCUT2D eigenvalue weighted by Gasteiger charge is 2.16. The summed E-state index contributed by atoms with van der Waals surface area (Å²) in [6.07, 6.45) is 1.83. The number of aromatic nitrogens is 2. The van der Waals surface area contributed by atoms with Crippen molar-refractivity contribution < 1.29 is 9.53 Å². The number of hydrogen-bond acceptors (Lipinski definition) is 3. The number of benzene rings is 1. The molecule has 0 saturated carbocycles. The Hall–Kier alpha value is -2.82. The summed E-state index contributed by atoms with van der Waals surface area (Å²) in [7, 11) is 1.59. The number of carbonyl (C=O) groups is 1. The number of fused-ring (bicyclic) bond motifs is 1. The third kappa shape index (κ3) is 2.45. The number of hydrogen-bond donors (Lipinski definition) is 1. The number of amides is 1. The van der Waals surface area contributed by atoms with E-state index in [4.69, 9.17) is 4.74 Å². The number of imidazole rings is 1. The topological polar surface area (TPSA) is 55.6 Å². The van der Waals surface area contributed by atoms with E-state index in [2.05, 4.69) is 10.3 Å². The summed E-state index contributed by atoms with van der Waals surface area (Å²) < 4.78 is 6.93. The fraction of sp³-hybridized carbons (Fsp3) is 0.125. The monoisotopic (exact) mass is 281 g/mol. The van der Waals surface area contributed by atoms with Gasteiger partial charge in [0.2, 0.25) is 0 Å². The predicted molar refractivity (Wildman–Crippen MR) is 80.9 cm³/mol. The van der Waals surface area contributed by atoms with Crippen molar-refractivity contribution in [1.29, 1.82) is 0 Å². The van der Waals surface area contributed by atoms with Crippen LogP contribution in [0.3, 0.4) is 0 Å². The van der Waals surface area contributed by atoms with Crippen LogP contribution in [0.1, 0.15) is 16.2 Å². The molecule has 21 heavy (non-hydrogen) atoms. The van der Waals surface area contributed by atoms with E-state index in [1.807, 2.05) is 49.5 Å². The Morgan fingerprint density at radius 3 is 2.90 bits per heavy atom. The number of anilines is 1. The molecule has 0 bridgehead atoms. The van der Waals surface area contributed by atoms with E-state index < -0.39 is 0 Å². The zero-order chi connectivity index (χ0) is 14.8. The SMILES string of the molecule is COc1cccc(NC(=O)c2c(C)nc3ccccn23)c1. The fourth-order valence-corrected chi connectivity index (χ4v) is 2.28. The molecule has 0 aliphatic rings. The lowest BCUT2D eigenvalue weighted by Gasteiger charge is -2.07. The molecular weight excluding hydrogens is 266 g/mol. The Kier molecular flexibility index (Phi) is 3.31. The summed E-state index contributed by atoms with van der Waals surface area (Å²) in [6.45, 7) is 1.83. The van der Waals surface area contributed by atoms with Crippen LogP contribution >= 0.6 is 0 Å². The maximum atomic E-state index is 12.5. The molecule has 2 heterocycles. The molecule has 2 aromatic heterocycles. The van der Waals surface area contributed by atoms with Gasteiger partial charge < -0.3 is 10.1 Å². The average Bonchev–Trinajstić information content (AvgIpc) is 2.83. The molecule has 3 aromatic rings. The molecule has 0 aliphatic carbocycles. The van der Waals surface area contributed by atoms with E-state index in [1.54, 1.807) is 17.6 Å². The van der Waals surface area contributed by atoms with Crippen LogP contribution in [0.15, 0.2) is 48.7 Å². The number of nitrogens with zero attached hydrogens (tertiary/aromatic N) is 2. The average molecular weight is 281 g/mol. The third-order valence-corrected chi connectivity index (χ3v) is 3.25. The summed E-state index contributed by atoms with van der Waals surface area (Å²) in [5.41, 5.74) is 2.67. The van der Waals surface area contributed by atoms with Crippen molar-refractivity contribution in [2.75, 3.05) is 12.4 Å². The van der Waals surface area contributed by atoms with Gasteiger partial charge in [-0.25, -0.2) is 4.98 Å². The van der Waals surface area contributed by atoms with Crippen molar-refractivity contribution in [3.05, 3.63) is 60.0 Å². The molecule has 0 radical (unpaired) electrons. The van der Waals surface area contributed by atoms with Crippen molar-refractivity contribution in [2.45, 2.75) is 6.92 Å². The highest BCUT2D eigenvalue weighted by atomic mass is 16.5. The molecule has 1 amide bonds. The Balaban J connectivity index is 1.95. The maximum absolute atomic E-state index is 12.5. The number of aryl methyl sites for hydroxylation is 1. The molecular formula is C16H15N3O2. The van der Waals surface area contributed by atoms with Gasteiger partial charge >= 0.3 is 0 Å². The van der Waals surface area contributed by atoms with Crippen molar-refractivity contribution >= 4 is 17.2 Å². The molecule has 1 N–H and O–H groups in total.